The van der Waals surface area contributed by atoms with Crippen molar-refractivity contribution in [1.82, 2.24) is 5.32 Å². The van der Waals surface area contributed by atoms with Gasteiger partial charge in [-0.3, -0.25) is 9.59 Å². The van der Waals surface area contributed by atoms with Gasteiger partial charge in [-0.15, -0.1) is 0 Å². The highest BCUT2D eigenvalue weighted by atomic mass is 31.0. The summed E-state index contributed by atoms with van der Waals surface area (Å²) >= 11 is 0. The number of halogens is 4. The van der Waals surface area contributed by atoms with Gasteiger partial charge in [-0.1, -0.05) is 12.8 Å². The zero-order valence-corrected chi connectivity index (χ0v) is 13.7. The van der Waals surface area contributed by atoms with Gasteiger partial charge in [0.15, 0.2) is 0 Å². The number of hydrogen-bond donors (Lipinski definition) is 2. The number of benzene rings is 1. The van der Waals surface area contributed by atoms with Crippen LogP contribution in [0.2, 0.25) is 0 Å². The Morgan fingerprint density at radius 3 is 2.21 bits per heavy atom. The van der Waals surface area contributed by atoms with E-state index < -0.39 is 35.9 Å². The first-order chi connectivity index (χ1) is 11.0. The smallest absolute Gasteiger partial charge is 0.318 e. The van der Waals surface area contributed by atoms with E-state index in [4.69, 9.17) is 5.73 Å². The minimum atomic E-state index is -3.23. The number of nitrogens with one attached hydrogen (secondary N) is 1. The van der Waals surface area contributed by atoms with Gasteiger partial charge in [0.1, 0.15) is 6.04 Å². The lowest BCUT2D eigenvalue weighted by atomic mass is 10.0. The molecule has 2 amide bonds. The fraction of sp³-hybridized carbons (Fsp3) is 0.333. The van der Waals surface area contributed by atoms with E-state index in [1.54, 1.807) is 5.92 Å². The van der Waals surface area contributed by atoms with Crippen molar-refractivity contribution in [2.75, 3.05) is 0 Å². The zero-order valence-electron chi connectivity index (χ0n) is 12.5. The van der Waals surface area contributed by atoms with Crippen molar-refractivity contribution in [2.24, 2.45) is 11.7 Å². The Balaban J connectivity index is 2.87. The van der Waals surface area contributed by atoms with Crippen LogP contribution in [0, 0.1) is 17.8 Å². The van der Waals surface area contributed by atoms with Gasteiger partial charge in [-0.25, -0.2) is 8.78 Å². The second-order valence-electron chi connectivity index (χ2n) is 5.00. The van der Waals surface area contributed by atoms with Crippen molar-refractivity contribution in [2.45, 2.75) is 25.1 Å². The van der Waals surface area contributed by atoms with Crippen LogP contribution in [0.25, 0.3) is 0 Å². The molecule has 0 saturated carbocycles. The fourth-order valence-electron chi connectivity index (χ4n) is 1.69. The molecule has 3 unspecified atom stereocenters. The Morgan fingerprint density at radius 1 is 1.25 bits per heavy atom. The lowest BCUT2D eigenvalue weighted by molar-refractivity contribution is -0.122. The number of amides is 2. The summed E-state index contributed by atoms with van der Waals surface area (Å²) in [5.74, 6) is 0.584. The van der Waals surface area contributed by atoms with Gasteiger partial charge >= 0.3 is 5.66 Å². The maximum Gasteiger partial charge on any atom is 0.318 e. The lowest BCUT2D eigenvalue weighted by Gasteiger charge is -2.21. The van der Waals surface area contributed by atoms with Crippen LogP contribution >= 0.6 is 9.24 Å². The van der Waals surface area contributed by atoms with Gasteiger partial charge in [-0.05, 0) is 39.4 Å². The quantitative estimate of drug-likeness (QED) is 0.478. The first-order valence-electron chi connectivity index (χ1n) is 6.69. The van der Waals surface area contributed by atoms with Crippen molar-refractivity contribution >= 4 is 21.1 Å². The van der Waals surface area contributed by atoms with Crippen molar-refractivity contribution in [1.29, 1.82) is 0 Å². The average molecular weight is 362 g/mol. The molecule has 1 aromatic carbocycles. The molecule has 0 radical (unpaired) electrons. The monoisotopic (exact) mass is 362 g/mol. The van der Waals surface area contributed by atoms with Gasteiger partial charge in [0, 0.05) is 17.0 Å². The largest absolute Gasteiger partial charge is 0.368 e. The molecule has 0 aliphatic heterocycles. The second kappa shape index (κ2) is 8.11. The highest BCUT2D eigenvalue weighted by Crippen LogP contribution is 2.20. The van der Waals surface area contributed by atoms with Crippen molar-refractivity contribution in [3.05, 3.63) is 35.4 Å². The summed E-state index contributed by atoms with van der Waals surface area (Å²) in [5, 5.41) is 2.14. The molecule has 130 valence electrons. The topological polar surface area (TPSA) is 72.2 Å². The summed E-state index contributed by atoms with van der Waals surface area (Å²) in [6.07, 6.45) is -2.84. The molecule has 4 nitrogen and oxygen atoms in total. The van der Waals surface area contributed by atoms with E-state index in [0.29, 0.717) is 0 Å². The highest BCUT2D eigenvalue weighted by molar-refractivity contribution is 7.18. The van der Waals surface area contributed by atoms with Crippen molar-refractivity contribution in [3.63, 3.8) is 0 Å². The fourth-order valence-corrected chi connectivity index (χ4v) is 1.76. The molecule has 0 aliphatic carbocycles. The maximum atomic E-state index is 12.7. The third kappa shape index (κ3) is 6.17. The van der Waals surface area contributed by atoms with Gasteiger partial charge in [0.25, 0.3) is 5.91 Å². The van der Waals surface area contributed by atoms with E-state index >= 15 is 0 Å². The van der Waals surface area contributed by atoms with Gasteiger partial charge in [-0.2, -0.15) is 8.78 Å². The molecule has 1 rings (SSSR count). The normalized spacial score (nSPS) is 13.6. The third-order valence-corrected chi connectivity index (χ3v) is 3.18. The maximum absolute atomic E-state index is 12.7. The summed E-state index contributed by atoms with van der Waals surface area (Å²) < 4.78 is 50.6. The van der Waals surface area contributed by atoms with Crippen LogP contribution < -0.4 is 11.1 Å². The highest BCUT2D eigenvalue weighted by Gasteiger charge is 2.31. The van der Waals surface area contributed by atoms with Gasteiger partial charge in [0.2, 0.25) is 12.3 Å². The predicted molar refractivity (Wildman–Crippen MR) is 83.6 cm³/mol. The molecule has 0 bridgehead atoms. The molecule has 1 aromatic rings. The van der Waals surface area contributed by atoms with Crippen LogP contribution in [-0.2, 0) is 4.79 Å². The molecule has 0 spiro atoms. The summed E-state index contributed by atoms with van der Waals surface area (Å²) in [7, 11) is 1.28. The van der Waals surface area contributed by atoms with Crippen molar-refractivity contribution < 1.29 is 27.2 Å². The predicted octanol–water partition coefficient (Wildman–Crippen LogP) is 1.99. The Kier molecular flexibility index (Phi) is 6.73. The van der Waals surface area contributed by atoms with Crippen LogP contribution in [0.5, 0.6) is 0 Å². The van der Waals surface area contributed by atoms with Crippen LogP contribution in [0.4, 0.5) is 17.6 Å². The number of alkyl halides is 4. The number of nitrogens with two attached hydrogens (primary N) is 1. The Morgan fingerprint density at radius 2 is 1.79 bits per heavy atom. The Bertz CT molecular complexity index is 663. The van der Waals surface area contributed by atoms with E-state index in [1.165, 1.54) is 33.5 Å². The first-order valence-corrected chi connectivity index (χ1v) is 7.27. The SMILES string of the molecule is CC(C(F)F)C(NC(=O)c1ccc(C#CC(F)(F)P)cc1)C(N)=O. The molecule has 9 heteroatoms. The van der Waals surface area contributed by atoms with Crippen LogP contribution in [0.3, 0.4) is 0 Å². The third-order valence-electron chi connectivity index (χ3n) is 3.04. The molecule has 3 N–H and O–H groups in total. The summed E-state index contributed by atoms with van der Waals surface area (Å²) in [4.78, 5) is 23.2. The standard InChI is InChI=1S/C15H15F4N2O2P/c1-8(12(16)17)11(13(20)22)21-14(23)10-4-2-9(3-5-10)6-7-15(18,19)24/h2-5,8,11-12H,24H2,1H3,(H2,20,22)(H,21,23). The van der Waals surface area contributed by atoms with Crippen LogP contribution in [-0.4, -0.2) is 29.9 Å². The average Bonchev–Trinajstić information content (AvgIpc) is 2.49. The van der Waals surface area contributed by atoms with Gasteiger partial charge in [0.05, 0.1) is 0 Å². The molecule has 0 aliphatic rings. The van der Waals surface area contributed by atoms with E-state index in [-0.39, 0.29) is 11.1 Å². The summed E-state index contributed by atoms with van der Waals surface area (Å²) in [6.45, 7) is 1.09. The molecule has 24 heavy (non-hydrogen) atoms. The Labute approximate surface area is 138 Å². The summed E-state index contributed by atoms with van der Waals surface area (Å²) in [6, 6.07) is 3.63. The number of hydrogen-bond acceptors (Lipinski definition) is 2. The summed E-state index contributed by atoms with van der Waals surface area (Å²) in [5.41, 5.74) is 2.09. The molecule has 3 atom stereocenters. The number of carbonyl (C=O) groups is 2. The molecule has 0 aromatic heterocycles. The zero-order chi connectivity index (χ0) is 18.5. The minimum Gasteiger partial charge on any atom is -0.368 e. The molecular formula is C15H15F4N2O2P. The minimum absolute atomic E-state index is 0.0471. The van der Waals surface area contributed by atoms with E-state index in [0.717, 1.165) is 6.92 Å². The van der Waals surface area contributed by atoms with Gasteiger partial charge < -0.3 is 11.1 Å². The molecular weight excluding hydrogens is 347 g/mol. The second-order valence-corrected chi connectivity index (χ2v) is 5.72. The van der Waals surface area contributed by atoms with Crippen molar-refractivity contribution in [3.8, 4) is 11.8 Å². The molecule has 0 saturated heterocycles. The van der Waals surface area contributed by atoms with E-state index in [1.807, 2.05) is 0 Å². The number of primary amides is 1. The Hall–Kier alpha value is -2.13. The molecule has 0 fully saturated rings. The lowest BCUT2D eigenvalue weighted by Crippen LogP contribution is -2.50. The van der Waals surface area contributed by atoms with E-state index in [2.05, 4.69) is 11.2 Å². The molecule has 0 heterocycles. The van der Waals surface area contributed by atoms with E-state index in [9.17, 15) is 27.2 Å². The van der Waals surface area contributed by atoms with Crippen LogP contribution in [0.1, 0.15) is 22.8 Å². The number of rotatable bonds is 5. The first kappa shape index (κ1) is 19.9. The number of carbonyl (C=O) groups excluding carboxylic acids is 2. The van der Waals surface area contributed by atoms with Crippen LogP contribution in [0.15, 0.2) is 24.3 Å².